The number of hydrazine groups is 1. The number of nitrogen functional groups attached to an aromatic ring is 1. The van der Waals surface area contributed by atoms with Crippen LogP contribution in [0.4, 0.5) is 5.69 Å². The molecule has 2 aromatic rings. The normalized spacial score (nSPS) is 14.7. The summed E-state index contributed by atoms with van der Waals surface area (Å²) in [6.45, 7) is 0.749. The highest BCUT2D eigenvalue weighted by Crippen LogP contribution is 2.33. The minimum atomic E-state index is -0.140. The SMILES string of the molecule is NNC(c1ccc2c(c1)CCO2)c1cc(Br)ccc1N. The summed E-state index contributed by atoms with van der Waals surface area (Å²) in [4.78, 5) is 0. The maximum Gasteiger partial charge on any atom is 0.122 e. The molecule has 0 aromatic heterocycles. The van der Waals surface area contributed by atoms with E-state index in [-0.39, 0.29) is 6.04 Å². The molecule has 5 N–H and O–H groups in total. The van der Waals surface area contributed by atoms with Crippen molar-refractivity contribution in [2.24, 2.45) is 5.84 Å². The molecular weight excluding hydrogens is 318 g/mol. The fraction of sp³-hybridized carbons (Fsp3) is 0.200. The van der Waals surface area contributed by atoms with Crippen LogP contribution in [0.5, 0.6) is 5.75 Å². The van der Waals surface area contributed by atoms with E-state index >= 15 is 0 Å². The first-order chi connectivity index (χ1) is 9.69. The zero-order valence-electron chi connectivity index (χ0n) is 10.9. The van der Waals surface area contributed by atoms with Gasteiger partial charge in [-0.1, -0.05) is 28.1 Å². The monoisotopic (exact) mass is 333 g/mol. The molecule has 5 heteroatoms. The molecule has 0 amide bonds. The lowest BCUT2D eigenvalue weighted by Crippen LogP contribution is -2.29. The minimum absolute atomic E-state index is 0.140. The topological polar surface area (TPSA) is 73.3 Å². The van der Waals surface area contributed by atoms with Crippen LogP contribution < -0.4 is 21.7 Å². The van der Waals surface area contributed by atoms with E-state index in [1.54, 1.807) is 0 Å². The predicted molar refractivity (Wildman–Crippen MR) is 83.4 cm³/mol. The molecule has 20 heavy (non-hydrogen) atoms. The van der Waals surface area contributed by atoms with Gasteiger partial charge in [0.2, 0.25) is 0 Å². The lowest BCUT2D eigenvalue weighted by molar-refractivity contribution is 0.357. The molecule has 2 aromatic carbocycles. The molecule has 0 spiro atoms. The number of nitrogens with two attached hydrogens (primary N) is 2. The van der Waals surface area contributed by atoms with Gasteiger partial charge in [0.1, 0.15) is 5.75 Å². The molecule has 0 radical (unpaired) electrons. The first-order valence-electron chi connectivity index (χ1n) is 6.45. The van der Waals surface area contributed by atoms with Crippen molar-refractivity contribution in [2.45, 2.75) is 12.5 Å². The Hall–Kier alpha value is -1.56. The van der Waals surface area contributed by atoms with Crippen molar-refractivity contribution >= 4 is 21.6 Å². The van der Waals surface area contributed by atoms with Gasteiger partial charge in [-0.2, -0.15) is 0 Å². The molecule has 1 aliphatic rings. The highest BCUT2D eigenvalue weighted by molar-refractivity contribution is 9.10. The largest absolute Gasteiger partial charge is 0.493 e. The van der Waals surface area contributed by atoms with E-state index in [0.717, 1.165) is 34.4 Å². The van der Waals surface area contributed by atoms with Crippen molar-refractivity contribution in [3.05, 3.63) is 57.6 Å². The van der Waals surface area contributed by atoms with E-state index in [9.17, 15) is 0 Å². The number of benzene rings is 2. The molecule has 4 nitrogen and oxygen atoms in total. The Morgan fingerprint density at radius 1 is 1.20 bits per heavy atom. The molecule has 1 aliphatic heterocycles. The van der Waals surface area contributed by atoms with Gasteiger partial charge in [-0.3, -0.25) is 5.84 Å². The smallest absolute Gasteiger partial charge is 0.122 e. The van der Waals surface area contributed by atoms with Crippen molar-refractivity contribution in [3.8, 4) is 5.75 Å². The third kappa shape index (κ3) is 2.40. The van der Waals surface area contributed by atoms with Gasteiger partial charge in [-0.15, -0.1) is 0 Å². The van der Waals surface area contributed by atoms with E-state index < -0.39 is 0 Å². The summed E-state index contributed by atoms with van der Waals surface area (Å²) in [5.41, 5.74) is 12.9. The molecule has 0 aliphatic carbocycles. The number of rotatable bonds is 3. The van der Waals surface area contributed by atoms with Gasteiger partial charge in [0, 0.05) is 16.6 Å². The van der Waals surface area contributed by atoms with E-state index in [4.69, 9.17) is 16.3 Å². The van der Waals surface area contributed by atoms with Crippen molar-refractivity contribution in [2.75, 3.05) is 12.3 Å². The fourth-order valence-electron chi connectivity index (χ4n) is 2.55. The first-order valence-corrected chi connectivity index (χ1v) is 7.25. The summed E-state index contributed by atoms with van der Waals surface area (Å²) in [6.07, 6.45) is 0.939. The molecule has 3 rings (SSSR count). The quantitative estimate of drug-likeness (QED) is 0.458. The summed E-state index contributed by atoms with van der Waals surface area (Å²) >= 11 is 3.47. The van der Waals surface area contributed by atoms with Gasteiger partial charge in [-0.05, 0) is 41.0 Å². The number of ether oxygens (including phenoxy) is 1. The van der Waals surface area contributed by atoms with Gasteiger partial charge < -0.3 is 10.5 Å². The molecule has 1 heterocycles. The summed E-state index contributed by atoms with van der Waals surface area (Å²) in [7, 11) is 0. The lowest BCUT2D eigenvalue weighted by Gasteiger charge is -2.19. The van der Waals surface area contributed by atoms with Crippen LogP contribution in [-0.2, 0) is 6.42 Å². The van der Waals surface area contributed by atoms with E-state index in [1.165, 1.54) is 5.56 Å². The molecule has 0 saturated heterocycles. The number of fused-ring (bicyclic) bond motifs is 1. The van der Waals surface area contributed by atoms with Crippen molar-refractivity contribution < 1.29 is 4.74 Å². The van der Waals surface area contributed by atoms with Crippen LogP contribution >= 0.6 is 15.9 Å². The van der Waals surface area contributed by atoms with E-state index in [0.29, 0.717) is 5.69 Å². The summed E-state index contributed by atoms with van der Waals surface area (Å²) in [6, 6.07) is 11.8. The number of hydrogen-bond donors (Lipinski definition) is 3. The van der Waals surface area contributed by atoms with Crippen LogP contribution in [0.1, 0.15) is 22.7 Å². The third-order valence-electron chi connectivity index (χ3n) is 3.57. The standard InChI is InChI=1S/C15H16BrN3O/c16-11-2-3-13(17)12(8-11)15(19-18)10-1-4-14-9(7-10)5-6-20-14/h1-4,7-8,15,19H,5-6,17-18H2. The van der Waals surface area contributed by atoms with Crippen molar-refractivity contribution in [1.29, 1.82) is 0 Å². The van der Waals surface area contributed by atoms with Crippen LogP contribution in [0.2, 0.25) is 0 Å². The van der Waals surface area contributed by atoms with Gasteiger partial charge in [0.25, 0.3) is 0 Å². The number of hydrogen-bond acceptors (Lipinski definition) is 4. The zero-order valence-corrected chi connectivity index (χ0v) is 12.5. The lowest BCUT2D eigenvalue weighted by atomic mass is 9.96. The van der Waals surface area contributed by atoms with Crippen molar-refractivity contribution in [3.63, 3.8) is 0 Å². The van der Waals surface area contributed by atoms with Crippen molar-refractivity contribution in [1.82, 2.24) is 5.43 Å². The highest BCUT2D eigenvalue weighted by Gasteiger charge is 2.19. The first kappa shape index (κ1) is 13.4. The number of nitrogens with one attached hydrogen (secondary N) is 1. The fourth-order valence-corrected chi connectivity index (χ4v) is 2.93. The zero-order chi connectivity index (χ0) is 14.1. The third-order valence-corrected chi connectivity index (χ3v) is 4.07. The maximum absolute atomic E-state index is 6.07. The Morgan fingerprint density at radius 3 is 2.85 bits per heavy atom. The second kappa shape index (κ2) is 5.44. The molecule has 1 unspecified atom stereocenters. The average molecular weight is 334 g/mol. The van der Waals surface area contributed by atoms with Crippen LogP contribution in [0.25, 0.3) is 0 Å². The predicted octanol–water partition coefficient (Wildman–Crippen LogP) is 2.52. The van der Waals surface area contributed by atoms with Crippen LogP contribution in [-0.4, -0.2) is 6.61 Å². The number of anilines is 1. The van der Waals surface area contributed by atoms with Crippen LogP contribution in [0.15, 0.2) is 40.9 Å². The summed E-state index contributed by atoms with van der Waals surface area (Å²) in [5, 5.41) is 0. The van der Waals surface area contributed by atoms with Crippen LogP contribution in [0.3, 0.4) is 0 Å². The Balaban J connectivity index is 2.03. The van der Waals surface area contributed by atoms with E-state index in [2.05, 4.69) is 27.4 Å². The Labute approximate surface area is 126 Å². The molecule has 0 bridgehead atoms. The van der Waals surface area contributed by atoms with Gasteiger partial charge >= 0.3 is 0 Å². The van der Waals surface area contributed by atoms with Gasteiger partial charge in [0.15, 0.2) is 0 Å². The van der Waals surface area contributed by atoms with Gasteiger partial charge in [0.05, 0.1) is 12.6 Å². The summed E-state index contributed by atoms with van der Waals surface area (Å²) < 4.78 is 6.51. The minimum Gasteiger partial charge on any atom is -0.493 e. The Kier molecular flexibility index (Phi) is 3.65. The average Bonchev–Trinajstić information content (AvgIpc) is 2.91. The Morgan fingerprint density at radius 2 is 2.05 bits per heavy atom. The molecule has 104 valence electrons. The molecule has 1 atom stereocenters. The highest BCUT2D eigenvalue weighted by atomic mass is 79.9. The van der Waals surface area contributed by atoms with Crippen LogP contribution in [0, 0.1) is 0 Å². The molecule has 0 saturated carbocycles. The van der Waals surface area contributed by atoms with Gasteiger partial charge in [-0.25, -0.2) is 5.43 Å². The molecule has 0 fully saturated rings. The number of halogens is 1. The second-order valence-corrected chi connectivity index (χ2v) is 5.75. The molecular formula is C15H16BrN3O. The second-order valence-electron chi connectivity index (χ2n) is 4.84. The van der Waals surface area contributed by atoms with E-state index in [1.807, 2.05) is 30.3 Å². The summed E-state index contributed by atoms with van der Waals surface area (Å²) in [5.74, 6) is 6.71. The Bertz CT molecular complexity index is 645. The maximum atomic E-state index is 6.07.